The minimum Gasteiger partial charge on any atom is -0.508 e. The lowest BCUT2D eigenvalue weighted by molar-refractivity contribution is 0.475. The minimum atomic E-state index is 0.272. The van der Waals surface area contributed by atoms with Crippen LogP contribution in [0.4, 0.5) is 5.69 Å². The Balaban J connectivity index is 1.95. The molecule has 0 aliphatic heterocycles. The smallest absolute Gasteiger partial charge is 0.125 e. The molecule has 0 saturated heterocycles. The van der Waals surface area contributed by atoms with E-state index in [0.29, 0.717) is 6.54 Å². The average Bonchev–Trinajstić information content (AvgIpc) is 2.70. The van der Waals surface area contributed by atoms with Crippen LogP contribution in [0.1, 0.15) is 5.82 Å². The Morgan fingerprint density at radius 1 is 1.29 bits per heavy atom. The third kappa shape index (κ3) is 2.04. The number of nitrogens with zero attached hydrogens (tertiary/aromatic N) is 1. The van der Waals surface area contributed by atoms with Crippen molar-refractivity contribution in [3.8, 4) is 5.75 Å². The van der Waals surface area contributed by atoms with Crippen molar-refractivity contribution in [3.05, 3.63) is 42.5 Å². The molecule has 3 N–H and O–H groups in total. The van der Waals surface area contributed by atoms with Crippen LogP contribution in [0, 0.1) is 0 Å². The molecule has 4 nitrogen and oxygen atoms in total. The van der Waals surface area contributed by atoms with Crippen LogP contribution in [-0.4, -0.2) is 15.1 Å². The van der Waals surface area contributed by atoms with E-state index in [2.05, 4.69) is 15.3 Å². The summed E-state index contributed by atoms with van der Waals surface area (Å²) in [5.41, 5.74) is 0.958. The SMILES string of the molecule is Oc1ccc(NCc2ncc[nH]2)cc1. The molecule has 0 spiro atoms. The molecule has 1 heterocycles. The van der Waals surface area contributed by atoms with Gasteiger partial charge in [-0.3, -0.25) is 0 Å². The molecule has 0 atom stereocenters. The molecule has 1 aromatic carbocycles. The van der Waals surface area contributed by atoms with E-state index in [-0.39, 0.29) is 5.75 Å². The van der Waals surface area contributed by atoms with Gasteiger partial charge < -0.3 is 15.4 Å². The van der Waals surface area contributed by atoms with Crippen LogP contribution in [-0.2, 0) is 6.54 Å². The summed E-state index contributed by atoms with van der Waals surface area (Å²) < 4.78 is 0. The molecule has 2 aromatic rings. The highest BCUT2D eigenvalue weighted by Crippen LogP contribution is 2.13. The van der Waals surface area contributed by atoms with Gasteiger partial charge in [0.2, 0.25) is 0 Å². The van der Waals surface area contributed by atoms with Crippen molar-refractivity contribution in [3.63, 3.8) is 0 Å². The van der Waals surface area contributed by atoms with Gasteiger partial charge in [-0.15, -0.1) is 0 Å². The first-order valence-electron chi connectivity index (χ1n) is 4.36. The Morgan fingerprint density at radius 3 is 2.71 bits per heavy atom. The fourth-order valence-corrected chi connectivity index (χ4v) is 1.16. The second kappa shape index (κ2) is 3.83. The van der Waals surface area contributed by atoms with E-state index in [1.165, 1.54) is 0 Å². The Kier molecular flexibility index (Phi) is 2.36. The molecule has 72 valence electrons. The van der Waals surface area contributed by atoms with Gasteiger partial charge in [-0.2, -0.15) is 0 Å². The monoisotopic (exact) mass is 189 g/mol. The summed E-state index contributed by atoms with van der Waals surface area (Å²) in [4.78, 5) is 7.08. The third-order valence-corrected chi connectivity index (χ3v) is 1.88. The number of phenolic OH excluding ortho intramolecular Hbond substituents is 1. The average molecular weight is 189 g/mol. The van der Waals surface area contributed by atoms with Crippen LogP contribution in [0.25, 0.3) is 0 Å². The highest BCUT2D eigenvalue weighted by molar-refractivity contribution is 5.45. The number of hydrogen-bond donors (Lipinski definition) is 3. The van der Waals surface area contributed by atoms with Gasteiger partial charge in [-0.1, -0.05) is 0 Å². The van der Waals surface area contributed by atoms with Crippen molar-refractivity contribution in [2.24, 2.45) is 0 Å². The zero-order valence-electron chi connectivity index (χ0n) is 7.57. The second-order valence-corrected chi connectivity index (χ2v) is 2.94. The quantitative estimate of drug-likeness (QED) is 0.644. The van der Waals surface area contributed by atoms with E-state index >= 15 is 0 Å². The highest BCUT2D eigenvalue weighted by atomic mass is 16.3. The maximum Gasteiger partial charge on any atom is 0.125 e. The molecule has 0 radical (unpaired) electrons. The number of phenols is 1. The van der Waals surface area contributed by atoms with Crippen molar-refractivity contribution in [2.45, 2.75) is 6.54 Å². The van der Waals surface area contributed by atoms with E-state index in [1.54, 1.807) is 24.5 Å². The van der Waals surface area contributed by atoms with Crippen LogP contribution in [0.15, 0.2) is 36.7 Å². The van der Waals surface area contributed by atoms with Gasteiger partial charge in [-0.05, 0) is 24.3 Å². The van der Waals surface area contributed by atoms with Gasteiger partial charge in [0, 0.05) is 18.1 Å². The van der Waals surface area contributed by atoms with Crippen molar-refractivity contribution < 1.29 is 5.11 Å². The fourth-order valence-electron chi connectivity index (χ4n) is 1.16. The lowest BCUT2D eigenvalue weighted by Gasteiger charge is -2.03. The summed E-state index contributed by atoms with van der Waals surface area (Å²) in [5.74, 6) is 1.16. The lowest BCUT2D eigenvalue weighted by Crippen LogP contribution is -2.00. The van der Waals surface area contributed by atoms with Gasteiger partial charge in [-0.25, -0.2) is 4.98 Å². The molecule has 0 fully saturated rings. The molecule has 0 saturated carbocycles. The van der Waals surface area contributed by atoms with Crippen molar-refractivity contribution in [1.82, 2.24) is 9.97 Å². The molecule has 14 heavy (non-hydrogen) atoms. The number of nitrogens with one attached hydrogen (secondary N) is 2. The Hall–Kier alpha value is -1.97. The van der Waals surface area contributed by atoms with Crippen LogP contribution in [0.2, 0.25) is 0 Å². The number of benzene rings is 1. The Morgan fingerprint density at radius 2 is 2.07 bits per heavy atom. The number of aromatic hydroxyl groups is 1. The topological polar surface area (TPSA) is 60.9 Å². The Bertz CT molecular complexity index is 380. The lowest BCUT2D eigenvalue weighted by atomic mass is 10.3. The normalized spacial score (nSPS) is 10.0. The maximum atomic E-state index is 9.06. The molecule has 0 aliphatic carbocycles. The number of anilines is 1. The van der Waals surface area contributed by atoms with E-state index < -0.39 is 0 Å². The van der Waals surface area contributed by atoms with E-state index in [4.69, 9.17) is 5.11 Å². The molecule has 0 bridgehead atoms. The number of H-pyrrole nitrogens is 1. The number of aromatic amines is 1. The molecule has 1 aromatic heterocycles. The summed E-state index contributed by atoms with van der Waals surface area (Å²) in [6, 6.07) is 6.92. The molecule has 0 aliphatic rings. The molecule has 0 unspecified atom stereocenters. The number of aromatic nitrogens is 2. The van der Waals surface area contributed by atoms with Crippen LogP contribution in [0.3, 0.4) is 0 Å². The van der Waals surface area contributed by atoms with E-state index in [0.717, 1.165) is 11.5 Å². The van der Waals surface area contributed by atoms with Crippen LogP contribution in [0.5, 0.6) is 5.75 Å². The highest BCUT2D eigenvalue weighted by Gasteiger charge is 1.94. The summed E-state index contributed by atoms with van der Waals surface area (Å²) in [6.45, 7) is 0.651. The van der Waals surface area contributed by atoms with E-state index in [1.807, 2.05) is 12.1 Å². The zero-order valence-corrected chi connectivity index (χ0v) is 7.57. The summed E-state index contributed by atoms with van der Waals surface area (Å²) in [6.07, 6.45) is 3.50. The molecular weight excluding hydrogens is 178 g/mol. The van der Waals surface area contributed by atoms with Gasteiger partial charge >= 0.3 is 0 Å². The van der Waals surface area contributed by atoms with E-state index in [9.17, 15) is 0 Å². The van der Waals surface area contributed by atoms with Gasteiger partial charge in [0.1, 0.15) is 11.6 Å². The standard InChI is InChI=1S/C10H11N3O/c14-9-3-1-8(2-4-9)13-7-10-11-5-6-12-10/h1-6,13-14H,7H2,(H,11,12). The molecule has 0 amide bonds. The predicted octanol–water partition coefficient (Wildman–Crippen LogP) is 1.73. The minimum absolute atomic E-state index is 0.272. The first kappa shape index (κ1) is 8.62. The van der Waals surface area contributed by atoms with Crippen molar-refractivity contribution in [2.75, 3.05) is 5.32 Å². The predicted molar refractivity (Wildman–Crippen MR) is 54.0 cm³/mol. The second-order valence-electron chi connectivity index (χ2n) is 2.94. The molecule has 4 heteroatoms. The maximum absolute atomic E-state index is 9.06. The summed E-state index contributed by atoms with van der Waals surface area (Å²) in [5, 5.41) is 12.2. The van der Waals surface area contributed by atoms with Crippen molar-refractivity contribution >= 4 is 5.69 Å². The number of imidazole rings is 1. The zero-order chi connectivity index (χ0) is 9.80. The first-order valence-corrected chi connectivity index (χ1v) is 4.36. The molecular formula is C10H11N3O. The summed E-state index contributed by atoms with van der Waals surface area (Å²) >= 11 is 0. The number of hydrogen-bond acceptors (Lipinski definition) is 3. The molecule has 2 rings (SSSR count). The first-order chi connectivity index (χ1) is 6.84. The summed E-state index contributed by atoms with van der Waals surface area (Å²) in [7, 11) is 0. The van der Waals surface area contributed by atoms with Gasteiger partial charge in [0.05, 0.1) is 6.54 Å². The van der Waals surface area contributed by atoms with Gasteiger partial charge in [0.25, 0.3) is 0 Å². The third-order valence-electron chi connectivity index (χ3n) is 1.88. The largest absolute Gasteiger partial charge is 0.508 e. The number of rotatable bonds is 3. The van der Waals surface area contributed by atoms with Crippen LogP contribution >= 0.6 is 0 Å². The Labute approximate surface area is 81.6 Å². The van der Waals surface area contributed by atoms with Crippen LogP contribution < -0.4 is 5.32 Å². The van der Waals surface area contributed by atoms with Gasteiger partial charge in [0.15, 0.2) is 0 Å². The fraction of sp³-hybridized carbons (Fsp3) is 0.100. The van der Waals surface area contributed by atoms with Crippen molar-refractivity contribution in [1.29, 1.82) is 0 Å².